The molecule has 1 aliphatic heterocycles. The van der Waals surface area contributed by atoms with E-state index in [1.807, 2.05) is 0 Å². The van der Waals surface area contributed by atoms with Gasteiger partial charge in [0.05, 0.1) is 0 Å². The molecule has 3 atom stereocenters. The molecule has 14 heavy (non-hydrogen) atoms. The van der Waals surface area contributed by atoms with Crippen molar-refractivity contribution in [3.63, 3.8) is 0 Å². The Hall–Kier alpha value is -0.0400. The molecule has 1 heterocycles. The molecule has 2 aliphatic rings. The Morgan fingerprint density at radius 2 is 1.93 bits per heavy atom. The minimum atomic E-state index is 0.757. The van der Waals surface area contributed by atoms with Crippen LogP contribution in [0.2, 0.25) is 0 Å². The van der Waals surface area contributed by atoms with Gasteiger partial charge in [0.25, 0.3) is 0 Å². The second-order valence-corrected chi connectivity index (χ2v) is 5.63. The zero-order valence-electron chi connectivity index (χ0n) is 10.00. The van der Waals surface area contributed by atoms with Crippen LogP contribution in [0.3, 0.4) is 0 Å². The summed E-state index contributed by atoms with van der Waals surface area (Å²) in [6.45, 7) is 8.52. The topological polar surface area (TPSA) is 3.24 Å². The molecule has 0 radical (unpaired) electrons. The fourth-order valence-corrected chi connectivity index (χ4v) is 3.43. The van der Waals surface area contributed by atoms with Crippen LogP contribution in [0.1, 0.15) is 52.9 Å². The Labute approximate surface area is 88.9 Å². The minimum Gasteiger partial charge on any atom is -0.298 e. The molecule has 1 heteroatoms. The van der Waals surface area contributed by atoms with Gasteiger partial charge in [0.2, 0.25) is 0 Å². The molecule has 0 aromatic rings. The largest absolute Gasteiger partial charge is 0.298 e. The van der Waals surface area contributed by atoms with Crippen LogP contribution in [0.4, 0.5) is 0 Å². The Bertz CT molecular complexity index is 188. The molecule has 2 fully saturated rings. The molecule has 1 aliphatic carbocycles. The van der Waals surface area contributed by atoms with Gasteiger partial charge in [-0.3, -0.25) is 4.90 Å². The molecule has 0 aromatic heterocycles. The van der Waals surface area contributed by atoms with Crippen molar-refractivity contribution in [1.29, 1.82) is 0 Å². The molecule has 0 bridgehead atoms. The van der Waals surface area contributed by atoms with Gasteiger partial charge in [-0.25, -0.2) is 0 Å². The van der Waals surface area contributed by atoms with Crippen LogP contribution in [0.5, 0.6) is 0 Å². The van der Waals surface area contributed by atoms with Crippen molar-refractivity contribution in [2.45, 2.75) is 65.0 Å². The summed E-state index contributed by atoms with van der Waals surface area (Å²) < 4.78 is 0. The molecule has 1 saturated heterocycles. The van der Waals surface area contributed by atoms with E-state index in [2.05, 4.69) is 25.7 Å². The van der Waals surface area contributed by atoms with Gasteiger partial charge in [-0.2, -0.15) is 0 Å². The number of likely N-dealkylation sites (tertiary alicyclic amines) is 1. The quantitative estimate of drug-likeness (QED) is 0.620. The molecule has 1 nitrogen and oxygen atoms in total. The van der Waals surface area contributed by atoms with Crippen LogP contribution >= 0.6 is 0 Å². The maximum absolute atomic E-state index is 2.77. The first-order valence-corrected chi connectivity index (χ1v) is 6.46. The summed E-state index contributed by atoms with van der Waals surface area (Å²) in [6, 6.07) is 1.69. The number of fused-ring (bicyclic) bond motifs is 1. The predicted octanol–water partition coefficient (Wildman–Crippen LogP) is 3.30. The van der Waals surface area contributed by atoms with E-state index in [1.165, 1.54) is 38.6 Å². The van der Waals surface area contributed by atoms with E-state index in [9.17, 15) is 0 Å². The van der Waals surface area contributed by atoms with Crippen LogP contribution in [0, 0.1) is 11.8 Å². The highest BCUT2D eigenvalue weighted by Crippen LogP contribution is 2.43. The Kier molecular flexibility index (Phi) is 3.16. The van der Waals surface area contributed by atoms with Gasteiger partial charge in [-0.05, 0) is 51.5 Å². The predicted molar refractivity (Wildman–Crippen MR) is 61.4 cm³/mol. The molecule has 3 unspecified atom stereocenters. The third-order valence-corrected chi connectivity index (χ3v) is 4.38. The standard InChI is InChI=1S/C13H25N/c1-10(2)14-8-6-4-5-7-12-11(3)9-13(12)14/h10-13H,4-9H2,1-3H3. The SMILES string of the molecule is CC1CC2C1CCCCCN2C(C)C. The van der Waals surface area contributed by atoms with Gasteiger partial charge in [0.15, 0.2) is 0 Å². The first kappa shape index (κ1) is 10.5. The minimum absolute atomic E-state index is 0.757. The van der Waals surface area contributed by atoms with Crippen molar-refractivity contribution in [1.82, 2.24) is 4.90 Å². The van der Waals surface area contributed by atoms with Gasteiger partial charge >= 0.3 is 0 Å². The monoisotopic (exact) mass is 195 g/mol. The van der Waals surface area contributed by atoms with E-state index in [0.29, 0.717) is 0 Å². The van der Waals surface area contributed by atoms with E-state index in [1.54, 1.807) is 0 Å². The lowest BCUT2D eigenvalue weighted by Crippen LogP contribution is -2.55. The van der Waals surface area contributed by atoms with Crippen LogP contribution in [0.25, 0.3) is 0 Å². The summed E-state index contributed by atoms with van der Waals surface area (Å²) >= 11 is 0. The second kappa shape index (κ2) is 4.22. The summed E-state index contributed by atoms with van der Waals surface area (Å²) in [6.07, 6.45) is 7.32. The average Bonchev–Trinajstić information content (AvgIpc) is 2.10. The van der Waals surface area contributed by atoms with Gasteiger partial charge in [-0.1, -0.05) is 19.8 Å². The first-order valence-electron chi connectivity index (χ1n) is 6.46. The maximum atomic E-state index is 2.77. The summed E-state index contributed by atoms with van der Waals surface area (Å²) in [4.78, 5) is 2.77. The smallest absolute Gasteiger partial charge is 0.0131 e. The lowest BCUT2D eigenvalue weighted by Gasteiger charge is -2.52. The molecule has 0 N–H and O–H groups in total. The lowest BCUT2D eigenvalue weighted by atomic mass is 9.66. The molecule has 2 rings (SSSR count). The summed E-state index contributed by atoms with van der Waals surface area (Å²) in [5.41, 5.74) is 0. The Morgan fingerprint density at radius 3 is 2.57 bits per heavy atom. The van der Waals surface area contributed by atoms with Crippen molar-refractivity contribution in [2.24, 2.45) is 11.8 Å². The lowest BCUT2D eigenvalue weighted by molar-refractivity contribution is -0.0200. The number of hydrogen-bond acceptors (Lipinski definition) is 1. The van der Waals surface area contributed by atoms with Crippen LogP contribution in [-0.2, 0) is 0 Å². The molecule has 82 valence electrons. The fourth-order valence-electron chi connectivity index (χ4n) is 3.43. The summed E-state index contributed by atoms with van der Waals surface area (Å²) in [5, 5.41) is 0. The molecular weight excluding hydrogens is 170 g/mol. The molecule has 1 saturated carbocycles. The van der Waals surface area contributed by atoms with Crippen LogP contribution in [0.15, 0.2) is 0 Å². The summed E-state index contributed by atoms with van der Waals surface area (Å²) in [5.74, 6) is 2.03. The van der Waals surface area contributed by atoms with Crippen molar-refractivity contribution >= 4 is 0 Å². The van der Waals surface area contributed by atoms with Crippen LogP contribution in [-0.4, -0.2) is 23.5 Å². The third kappa shape index (κ3) is 1.84. The van der Waals surface area contributed by atoms with Gasteiger partial charge in [-0.15, -0.1) is 0 Å². The van der Waals surface area contributed by atoms with E-state index < -0.39 is 0 Å². The van der Waals surface area contributed by atoms with E-state index >= 15 is 0 Å². The highest BCUT2D eigenvalue weighted by molar-refractivity contribution is 4.95. The summed E-state index contributed by atoms with van der Waals surface area (Å²) in [7, 11) is 0. The van der Waals surface area contributed by atoms with Gasteiger partial charge < -0.3 is 0 Å². The van der Waals surface area contributed by atoms with Crippen molar-refractivity contribution in [2.75, 3.05) is 6.54 Å². The number of nitrogens with zero attached hydrogens (tertiary/aromatic N) is 1. The van der Waals surface area contributed by atoms with Gasteiger partial charge in [0, 0.05) is 12.1 Å². The normalized spacial score (nSPS) is 39.9. The highest BCUT2D eigenvalue weighted by atomic mass is 15.2. The van der Waals surface area contributed by atoms with Gasteiger partial charge in [0.1, 0.15) is 0 Å². The van der Waals surface area contributed by atoms with E-state index in [4.69, 9.17) is 0 Å². The zero-order chi connectivity index (χ0) is 10.1. The highest BCUT2D eigenvalue weighted by Gasteiger charge is 2.41. The first-order chi connectivity index (χ1) is 6.70. The molecule has 0 aromatic carbocycles. The fraction of sp³-hybridized carbons (Fsp3) is 1.00. The van der Waals surface area contributed by atoms with Crippen molar-refractivity contribution in [3.05, 3.63) is 0 Å². The Balaban J connectivity index is 2.01. The van der Waals surface area contributed by atoms with Crippen molar-refractivity contribution in [3.8, 4) is 0 Å². The van der Waals surface area contributed by atoms with Crippen molar-refractivity contribution < 1.29 is 0 Å². The van der Waals surface area contributed by atoms with E-state index in [-0.39, 0.29) is 0 Å². The molecule has 0 spiro atoms. The Morgan fingerprint density at radius 1 is 1.14 bits per heavy atom. The zero-order valence-corrected chi connectivity index (χ0v) is 10.00. The second-order valence-electron chi connectivity index (χ2n) is 5.63. The molecule has 0 amide bonds. The van der Waals surface area contributed by atoms with E-state index in [0.717, 1.165) is 23.9 Å². The van der Waals surface area contributed by atoms with Crippen LogP contribution < -0.4 is 0 Å². The average molecular weight is 195 g/mol. The third-order valence-electron chi connectivity index (χ3n) is 4.38. The molecular formula is C13H25N. The number of hydrogen-bond donors (Lipinski definition) is 0. The number of rotatable bonds is 1. The maximum Gasteiger partial charge on any atom is 0.0131 e.